The number of ether oxygens (including phenoxy) is 1. The van der Waals surface area contributed by atoms with Gasteiger partial charge in [0.25, 0.3) is 5.91 Å². The van der Waals surface area contributed by atoms with Crippen LogP contribution in [-0.4, -0.2) is 37.2 Å². The van der Waals surface area contributed by atoms with Crippen molar-refractivity contribution in [1.82, 2.24) is 0 Å². The van der Waals surface area contributed by atoms with Crippen molar-refractivity contribution in [1.29, 1.82) is 0 Å². The van der Waals surface area contributed by atoms with E-state index in [-0.39, 0.29) is 18.0 Å². The SMILES string of the molecule is O=Cc1ccc(C(=O)OCC(=O)N2CC(=O)Nc3ccccc32)cc1. The lowest BCUT2D eigenvalue weighted by Crippen LogP contribution is -2.44. The van der Waals surface area contributed by atoms with E-state index in [1.807, 2.05) is 0 Å². The van der Waals surface area contributed by atoms with E-state index >= 15 is 0 Å². The highest BCUT2D eigenvalue weighted by molar-refractivity contribution is 6.10. The fourth-order valence-electron chi connectivity index (χ4n) is 2.44. The molecule has 3 rings (SSSR count). The van der Waals surface area contributed by atoms with Gasteiger partial charge in [-0.3, -0.25) is 19.3 Å². The van der Waals surface area contributed by atoms with Gasteiger partial charge < -0.3 is 10.1 Å². The van der Waals surface area contributed by atoms with Gasteiger partial charge in [-0.1, -0.05) is 24.3 Å². The lowest BCUT2D eigenvalue weighted by Gasteiger charge is -2.28. The van der Waals surface area contributed by atoms with Gasteiger partial charge >= 0.3 is 5.97 Å². The van der Waals surface area contributed by atoms with E-state index in [0.29, 0.717) is 23.2 Å². The molecule has 2 aromatic rings. The molecule has 1 aliphatic heterocycles. The number of anilines is 2. The van der Waals surface area contributed by atoms with Gasteiger partial charge in [-0.25, -0.2) is 4.79 Å². The van der Waals surface area contributed by atoms with Crippen LogP contribution in [0.1, 0.15) is 20.7 Å². The fraction of sp³-hybridized carbons (Fsp3) is 0.111. The molecule has 2 aromatic carbocycles. The van der Waals surface area contributed by atoms with Crippen molar-refractivity contribution >= 4 is 35.4 Å². The minimum atomic E-state index is -0.680. The largest absolute Gasteiger partial charge is 0.452 e. The van der Waals surface area contributed by atoms with Crippen LogP contribution in [0, 0.1) is 0 Å². The normalized spacial score (nSPS) is 12.8. The summed E-state index contributed by atoms with van der Waals surface area (Å²) in [6, 6.07) is 12.7. The van der Waals surface area contributed by atoms with Crippen LogP contribution in [0.4, 0.5) is 11.4 Å². The summed E-state index contributed by atoms with van der Waals surface area (Å²) in [5.41, 5.74) is 1.75. The van der Waals surface area contributed by atoms with Crippen LogP contribution in [0.5, 0.6) is 0 Å². The average molecular weight is 338 g/mol. The predicted octanol–water partition coefficient (Wildman–Crippen LogP) is 1.64. The molecule has 1 aliphatic rings. The number of hydrogen-bond donors (Lipinski definition) is 1. The molecular weight excluding hydrogens is 324 g/mol. The molecule has 0 aromatic heterocycles. The topological polar surface area (TPSA) is 92.8 Å². The van der Waals surface area contributed by atoms with Gasteiger partial charge in [-0.2, -0.15) is 0 Å². The Morgan fingerprint density at radius 1 is 1.12 bits per heavy atom. The third-order valence-corrected chi connectivity index (χ3v) is 3.68. The number of para-hydroxylation sites is 2. The molecule has 2 amide bonds. The summed E-state index contributed by atoms with van der Waals surface area (Å²) in [6.07, 6.45) is 0.664. The zero-order valence-corrected chi connectivity index (χ0v) is 13.1. The molecule has 0 saturated carbocycles. The summed E-state index contributed by atoms with van der Waals surface area (Å²) in [7, 11) is 0. The Labute approximate surface area is 143 Å². The minimum absolute atomic E-state index is 0.137. The first-order valence-corrected chi connectivity index (χ1v) is 7.50. The van der Waals surface area contributed by atoms with Crippen molar-refractivity contribution in [2.75, 3.05) is 23.4 Å². The van der Waals surface area contributed by atoms with Crippen LogP contribution in [0.2, 0.25) is 0 Å². The maximum atomic E-state index is 12.4. The third-order valence-electron chi connectivity index (χ3n) is 3.68. The van der Waals surface area contributed by atoms with Crippen molar-refractivity contribution in [3.63, 3.8) is 0 Å². The van der Waals surface area contributed by atoms with Gasteiger partial charge in [-0.05, 0) is 24.3 Å². The second-order valence-electron chi connectivity index (χ2n) is 5.36. The fourth-order valence-corrected chi connectivity index (χ4v) is 2.44. The Bertz CT molecular complexity index is 845. The van der Waals surface area contributed by atoms with E-state index in [2.05, 4.69) is 5.32 Å². The highest BCUT2D eigenvalue weighted by atomic mass is 16.5. The van der Waals surface area contributed by atoms with E-state index in [4.69, 9.17) is 4.74 Å². The molecular formula is C18H14N2O5. The highest BCUT2D eigenvalue weighted by Gasteiger charge is 2.27. The van der Waals surface area contributed by atoms with Crippen molar-refractivity contribution in [2.24, 2.45) is 0 Å². The van der Waals surface area contributed by atoms with Crippen molar-refractivity contribution in [2.45, 2.75) is 0 Å². The number of nitrogens with one attached hydrogen (secondary N) is 1. The van der Waals surface area contributed by atoms with Crippen LogP contribution < -0.4 is 10.2 Å². The molecule has 0 aliphatic carbocycles. The van der Waals surface area contributed by atoms with Crippen molar-refractivity contribution < 1.29 is 23.9 Å². The smallest absolute Gasteiger partial charge is 0.338 e. The summed E-state index contributed by atoms with van der Waals surface area (Å²) in [5.74, 6) is -1.50. The quantitative estimate of drug-likeness (QED) is 0.676. The molecule has 126 valence electrons. The van der Waals surface area contributed by atoms with E-state index in [1.54, 1.807) is 24.3 Å². The molecule has 25 heavy (non-hydrogen) atoms. The van der Waals surface area contributed by atoms with E-state index < -0.39 is 18.5 Å². The van der Waals surface area contributed by atoms with E-state index in [0.717, 1.165) is 0 Å². The summed E-state index contributed by atoms with van der Waals surface area (Å²) in [4.78, 5) is 47.9. The first kappa shape index (κ1) is 16.4. The first-order valence-electron chi connectivity index (χ1n) is 7.50. The zero-order chi connectivity index (χ0) is 17.8. The van der Waals surface area contributed by atoms with Gasteiger partial charge in [0, 0.05) is 5.56 Å². The van der Waals surface area contributed by atoms with Gasteiger partial charge in [0.15, 0.2) is 6.61 Å². The minimum Gasteiger partial charge on any atom is -0.452 e. The second kappa shape index (κ2) is 6.96. The van der Waals surface area contributed by atoms with E-state index in [1.165, 1.54) is 29.2 Å². The summed E-state index contributed by atoms with van der Waals surface area (Å²) in [6.45, 7) is -0.628. The monoisotopic (exact) mass is 338 g/mol. The first-order chi connectivity index (χ1) is 12.1. The molecule has 0 radical (unpaired) electrons. The Morgan fingerprint density at radius 2 is 1.84 bits per heavy atom. The van der Waals surface area contributed by atoms with E-state index in [9.17, 15) is 19.2 Å². The molecule has 0 unspecified atom stereocenters. The number of carbonyl (C=O) groups excluding carboxylic acids is 4. The number of hydrogen-bond acceptors (Lipinski definition) is 5. The Morgan fingerprint density at radius 3 is 2.56 bits per heavy atom. The lowest BCUT2D eigenvalue weighted by molar-refractivity contribution is -0.124. The molecule has 0 atom stereocenters. The van der Waals surface area contributed by atoms with Crippen LogP contribution in [0.15, 0.2) is 48.5 Å². The number of esters is 1. The molecule has 1 heterocycles. The average Bonchev–Trinajstić information content (AvgIpc) is 2.65. The van der Waals surface area contributed by atoms with Crippen LogP contribution in [0.3, 0.4) is 0 Å². The maximum Gasteiger partial charge on any atom is 0.338 e. The predicted molar refractivity (Wildman–Crippen MR) is 89.5 cm³/mol. The number of carbonyl (C=O) groups is 4. The number of fused-ring (bicyclic) bond motifs is 1. The highest BCUT2D eigenvalue weighted by Crippen LogP contribution is 2.28. The molecule has 0 saturated heterocycles. The van der Waals surface area contributed by atoms with Gasteiger partial charge in [0.2, 0.25) is 5.91 Å². The van der Waals surface area contributed by atoms with Gasteiger partial charge in [0.1, 0.15) is 12.8 Å². The van der Waals surface area contributed by atoms with Gasteiger partial charge in [-0.15, -0.1) is 0 Å². The number of aldehydes is 1. The number of rotatable bonds is 4. The molecule has 0 fully saturated rings. The van der Waals surface area contributed by atoms with Gasteiger partial charge in [0.05, 0.1) is 16.9 Å². The van der Waals surface area contributed by atoms with Crippen molar-refractivity contribution in [3.05, 3.63) is 59.7 Å². The molecule has 1 N–H and O–H groups in total. The molecule has 0 spiro atoms. The Hall–Kier alpha value is -3.48. The summed E-state index contributed by atoms with van der Waals surface area (Å²) < 4.78 is 5.02. The number of amides is 2. The van der Waals surface area contributed by atoms with Crippen LogP contribution in [-0.2, 0) is 14.3 Å². The Balaban J connectivity index is 1.67. The second-order valence-corrected chi connectivity index (χ2v) is 5.36. The molecule has 0 bridgehead atoms. The third kappa shape index (κ3) is 3.55. The Kier molecular flexibility index (Phi) is 4.56. The standard InChI is InChI=1S/C18H14N2O5/c21-10-12-5-7-13(8-6-12)18(24)25-11-17(23)20-9-16(22)19-14-3-1-2-4-15(14)20/h1-8,10H,9,11H2,(H,19,22). The zero-order valence-electron chi connectivity index (χ0n) is 13.1. The number of benzene rings is 2. The molecule has 7 heteroatoms. The summed E-state index contributed by atoms with van der Waals surface area (Å²) in [5, 5.41) is 2.68. The summed E-state index contributed by atoms with van der Waals surface area (Å²) >= 11 is 0. The van der Waals surface area contributed by atoms with Crippen LogP contribution >= 0.6 is 0 Å². The number of nitrogens with zero attached hydrogens (tertiary/aromatic N) is 1. The van der Waals surface area contributed by atoms with Crippen LogP contribution in [0.25, 0.3) is 0 Å². The molecule has 7 nitrogen and oxygen atoms in total. The maximum absolute atomic E-state index is 12.4. The lowest BCUT2D eigenvalue weighted by atomic mass is 10.1. The van der Waals surface area contributed by atoms with Crippen molar-refractivity contribution in [3.8, 4) is 0 Å².